The molecule has 0 saturated heterocycles. The number of rotatable bonds is 3. The molecule has 2 heterocycles. The van der Waals surface area contributed by atoms with Gasteiger partial charge in [0.05, 0.1) is 13.2 Å². The lowest BCUT2D eigenvalue weighted by atomic mass is 10.3. The molecular formula is C10H12N4O2. The summed E-state index contributed by atoms with van der Waals surface area (Å²) in [5.74, 6) is 1.19. The summed E-state index contributed by atoms with van der Waals surface area (Å²) in [6.07, 6.45) is 1.63. The van der Waals surface area contributed by atoms with Gasteiger partial charge in [0.25, 0.3) is 5.89 Å². The third-order valence-electron chi connectivity index (χ3n) is 2.03. The van der Waals surface area contributed by atoms with Gasteiger partial charge >= 0.3 is 0 Å². The standard InChI is InChI=1S/C10H12N4O2/c1-6(11)8-13-14-10(16-8)7-4-3-5-12-9(7)15-2/h3-6H,11H2,1-2H3. The molecule has 2 aromatic heterocycles. The molecule has 0 aliphatic heterocycles. The quantitative estimate of drug-likeness (QED) is 0.835. The Hall–Kier alpha value is -1.95. The van der Waals surface area contributed by atoms with Gasteiger partial charge in [-0.1, -0.05) is 0 Å². The van der Waals surface area contributed by atoms with Crippen molar-refractivity contribution in [3.63, 3.8) is 0 Å². The fraction of sp³-hybridized carbons (Fsp3) is 0.300. The zero-order valence-corrected chi connectivity index (χ0v) is 9.04. The predicted octanol–water partition coefficient (Wildman–Crippen LogP) is 1.16. The Bertz CT molecular complexity index is 481. The van der Waals surface area contributed by atoms with E-state index in [1.807, 2.05) is 0 Å². The van der Waals surface area contributed by atoms with Crippen LogP contribution in [0.4, 0.5) is 0 Å². The topological polar surface area (TPSA) is 87.1 Å². The summed E-state index contributed by atoms with van der Waals surface area (Å²) in [4.78, 5) is 4.05. The van der Waals surface area contributed by atoms with Crippen LogP contribution in [0.15, 0.2) is 22.7 Å². The Morgan fingerprint density at radius 2 is 2.25 bits per heavy atom. The maximum Gasteiger partial charge on any atom is 0.253 e. The van der Waals surface area contributed by atoms with Crippen LogP contribution in [0.2, 0.25) is 0 Å². The molecule has 1 atom stereocenters. The summed E-state index contributed by atoms with van der Waals surface area (Å²) < 4.78 is 10.5. The summed E-state index contributed by atoms with van der Waals surface area (Å²) in [5, 5.41) is 7.74. The highest BCUT2D eigenvalue weighted by atomic mass is 16.5. The lowest BCUT2D eigenvalue weighted by Gasteiger charge is -2.02. The van der Waals surface area contributed by atoms with E-state index in [2.05, 4.69) is 15.2 Å². The Labute approximate surface area is 92.5 Å². The minimum Gasteiger partial charge on any atom is -0.480 e. The molecule has 0 aliphatic carbocycles. The summed E-state index contributed by atoms with van der Waals surface area (Å²) in [7, 11) is 1.54. The molecule has 0 spiro atoms. The Morgan fingerprint density at radius 3 is 2.88 bits per heavy atom. The molecule has 1 unspecified atom stereocenters. The Kier molecular flexibility index (Phi) is 2.82. The SMILES string of the molecule is COc1ncccc1-c1nnc(C(C)N)o1. The number of nitrogens with two attached hydrogens (primary N) is 1. The number of hydrogen-bond donors (Lipinski definition) is 1. The van der Waals surface area contributed by atoms with Crippen molar-refractivity contribution >= 4 is 0 Å². The fourth-order valence-electron chi connectivity index (χ4n) is 1.24. The molecule has 0 bridgehead atoms. The highest BCUT2D eigenvalue weighted by Gasteiger charge is 2.15. The maximum absolute atomic E-state index is 5.63. The first kappa shape index (κ1) is 10.6. The van der Waals surface area contributed by atoms with Crippen molar-refractivity contribution in [2.45, 2.75) is 13.0 Å². The first-order valence-electron chi connectivity index (χ1n) is 4.80. The fourth-order valence-corrected chi connectivity index (χ4v) is 1.24. The molecular weight excluding hydrogens is 208 g/mol. The van der Waals surface area contributed by atoms with E-state index in [-0.39, 0.29) is 6.04 Å². The second-order valence-corrected chi connectivity index (χ2v) is 3.29. The molecule has 0 saturated carbocycles. The first-order valence-corrected chi connectivity index (χ1v) is 4.80. The second-order valence-electron chi connectivity index (χ2n) is 3.29. The van der Waals surface area contributed by atoms with Crippen molar-refractivity contribution < 1.29 is 9.15 Å². The highest BCUT2D eigenvalue weighted by Crippen LogP contribution is 2.26. The zero-order valence-electron chi connectivity index (χ0n) is 9.04. The van der Waals surface area contributed by atoms with Crippen molar-refractivity contribution in [2.75, 3.05) is 7.11 Å². The largest absolute Gasteiger partial charge is 0.480 e. The van der Waals surface area contributed by atoms with Crippen molar-refractivity contribution in [3.8, 4) is 17.3 Å². The number of aromatic nitrogens is 3. The summed E-state index contributed by atoms with van der Waals surface area (Å²) >= 11 is 0. The molecule has 0 aliphatic rings. The van der Waals surface area contributed by atoms with Crippen LogP contribution in [-0.2, 0) is 0 Å². The van der Waals surface area contributed by atoms with Gasteiger partial charge in [-0.2, -0.15) is 0 Å². The van der Waals surface area contributed by atoms with E-state index in [0.717, 1.165) is 0 Å². The molecule has 6 heteroatoms. The van der Waals surface area contributed by atoms with E-state index in [4.69, 9.17) is 14.9 Å². The molecule has 0 aromatic carbocycles. The van der Waals surface area contributed by atoms with Crippen molar-refractivity contribution in [2.24, 2.45) is 5.73 Å². The zero-order chi connectivity index (χ0) is 11.5. The number of hydrogen-bond acceptors (Lipinski definition) is 6. The van der Waals surface area contributed by atoms with Gasteiger partial charge in [0.15, 0.2) is 0 Å². The van der Waals surface area contributed by atoms with Crippen LogP contribution >= 0.6 is 0 Å². The van der Waals surface area contributed by atoms with Gasteiger partial charge in [-0.3, -0.25) is 0 Å². The number of methoxy groups -OCH3 is 1. The average Bonchev–Trinajstić information content (AvgIpc) is 2.78. The number of pyridine rings is 1. The molecule has 6 nitrogen and oxygen atoms in total. The third kappa shape index (κ3) is 1.87. The Balaban J connectivity index is 2.42. The summed E-state index contributed by atoms with van der Waals surface area (Å²) in [5.41, 5.74) is 6.29. The van der Waals surface area contributed by atoms with E-state index in [0.29, 0.717) is 23.2 Å². The van der Waals surface area contributed by atoms with Crippen molar-refractivity contribution in [1.82, 2.24) is 15.2 Å². The van der Waals surface area contributed by atoms with Gasteiger partial charge in [0.2, 0.25) is 11.8 Å². The maximum atomic E-state index is 5.63. The van der Waals surface area contributed by atoms with Crippen LogP contribution in [0.25, 0.3) is 11.5 Å². The summed E-state index contributed by atoms with van der Waals surface area (Å²) in [6.45, 7) is 1.78. The molecule has 0 amide bonds. The minimum atomic E-state index is -0.288. The van der Waals surface area contributed by atoms with Crippen LogP contribution in [0, 0.1) is 0 Å². The van der Waals surface area contributed by atoms with Gasteiger partial charge in [-0.25, -0.2) is 4.98 Å². The predicted molar refractivity (Wildman–Crippen MR) is 56.7 cm³/mol. The number of nitrogens with zero attached hydrogens (tertiary/aromatic N) is 3. The van der Waals surface area contributed by atoms with E-state index < -0.39 is 0 Å². The van der Waals surface area contributed by atoms with Crippen LogP contribution in [0.5, 0.6) is 5.88 Å². The lowest BCUT2D eigenvalue weighted by Crippen LogP contribution is -2.04. The monoisotopic (exact) mass is 220 g/mol. The van der Waals surface area contributed by atoms with E-state index in [1.165, 1.54) is 7.11 Å². The van der Waals surface area contributed by atoms with Crippen molar-refractivity contribution in [3.05, 3.63) is 24.2 Å². The molecule has 2 aromatic rings. The second kappa shape index (κ2) is 4.28. The summed E-state index contributed by atoms with van der Waals surface area (Å²) in [6, 6.07) is 3.28. The van der Waals surface area contributed by atoms with Crippen LogP contribution in [0.3, 0.4) is 0 Å². The van der Waals surface area contributed by atoms with E-state index in [9.17, 15) is 0 Å². The lowest BCUT2D eigenvalue weighted by molar-refractivity contribution is 0.396. The first-order chi connectivity index (χ1) is 7.72. The van der Waals surface area contributed by atoms with Crippen LogP contribution < -0.4 is 10.5 Å². The van der Waals surface area contributed by atoms with Crippen LogP contribution in [-0.4, -0.2) is 22.3 Å². The van der Waals surface area contributed by atoms with Crippen LogP contribution in [0.1, 0.15) is 18.9 Å². The molecule has 0 radical (unpaired) electrons. The highest BCUT2D eigenvalue weighted by molar-refractivity contribution is 5.59. The third-order valence-corrected chi connectivity index (χ3v) is 2.03. The molecule has 2 N–H and O–H groups in total. The number of ether oxygens (including phenoxy) is 1. The minimum absolute atomic E-state index is 0.288. The van der Waals surface area contributed by atoms with Gasteiger partial charge in [0.1, 0.15) is 5.56 Å². The van der Waals surface area contributed by atoms with Gasteiger partial charge in [0, 0.05) is 6.20 Å². The van der Waals surface area contributed by atoms with Crippen molar-refractivity contribution in [1.29, 1.82) is 0 Å². The Morgan fingerprint density at radius 1 is 1.44 bits per heavy atom. The molecule has 0 fully saturated rings. The van der Waals surface area contributed by atoms with E-state index >= 15 is 0 Å². The van der Waals surface area contributed by atoms with Gasteiger partial charge in [-0.05, 0) is 19.1 Å². The molecule has 16 heavy (non-hydrogen) atoms. The van der Waals surface area contributed by atoms with Gasteiger partial charge in [-0.15, -0.1) is 10.2 Å². The normalized spacial score (nSPS) is 12.4. The smallest absolute Gasteiger partial charge is 0.253 e. The molecule has 2 rings (SSSR count). The van der Waals surface area contributed by atoms with Gasteiger partial charge < -0.3 is 14.9 Å². The average molecular weight is 220 g/mol. The molecule has 84 valence electrons. The van der Waals surface area contributed by atoms with E-state index in [1.54, 1.807) is 25.3 Å².